The van der Waals surface area contributed by atoms with E-state index in [1.165, 1.54) is 51.4 Å². The summed E-state index contributed by atoms with van der Waals surface area (Å²) in [5, 5.41) is 2.99. The average Bonchev–Trinajstić information content (AvgIpc) is 2.98. The second kappa shape index (κ2) is 8.32. The van der Waals surface area contributed by atoms with Crippen molar-refractivity contribution in [3.8, 4) is 0 Å². The van der Waals surface area contributed by atoms with Gasteiger partial charge in [-0.2, -0.15) is 0 Å². The van der Waals surface area contributed by atoms with E-state index in [9.17, 15) is 4.79 Å². The topological polar surface area (TPSA) is 45.2 Å². The second-order valence-corrected chi connectivity index (χ2v) is 7.04. The lowest BCUT2D eigenvalue weighted by atomic mass is 9.95. The summed E-state index contributed by atoms with van der Waals surface area (Å²) in [6, 6.07) is 4.00. The first-order chi connectivity index (χ1) is 11.3. The van der Waals surface area contributed by atoms with E-state index in [4.69, 9.17) is 0 Å². The molecule has 1 saturated heterocycles. The number of carbonyl (C=O) groups is 1. The van der Waals surface area contributed by atoms with Crippen LogP contribution in [0.1, 0.15) is 64.2 Å². The van der Waals surface area contributed by atoms with Crippen molar-refractivity contribution in [2.24, 2.45) is 5.92 Å². The van der Waals surface area contributed by atoms with Crippen LogP contribution >= 0.6 is 0 Å². The largest absolute Gasteiger partial charge is 0.357 e. The summed E-state index contributed by atoms with van der Waals surface area (Å²) in [7, 11) is 0. The lowest BCUT2D eigenvalue weighted by molar-refractivity contribution is -0.116. The third-order valence-corrected chi connectivity index (χ3v) is 5.22. The van der Waals surface area contributed by atoms with Crippen molar-refractivity contribution in [1.29, 1.82) is 0 Å². The minimum absolute atomic E-state index is 0.130. The van der Waals surface area contributed by atoms with E-state index in [0.29, 0.717) is 6.42 Å². The molecule has 1 aromatic heterocycles. The van der Waals surface area contributed by atoms with Crippen LogP contribution in [0.5, 0.6) is 0 Å². The summed E-state index contributed by atoms with van der Waals surface area (Å²) in [5.74, 6) is 1.91. The fourth-order valence-electron chi connectivity index (χ4n) is 3.80. The zero-order valence-corrected chi connectivity index (χ0v) is 14.1. The van der Waals surface area contributed by atoms with Gasteiger partial charge < -0.3 is 10.2 Å². The van der Waals surface area contributed by atoms with E-state index >= 15 is 0 Å². The Kier molecular flexibility index (Phi) is 5.89. The van der Waals surface area contributed by atoms with Crippen LogP contribution in [-0.2, 0) is 4.79 Å². The highest BCUT2D eigenvalue weighted by atomic mass is 16.1. The molecule has 1 N–H and O–H groups in total. The van der Waals surface area contributed by atoms with Crippen LogP contribution in [0.3, 0.4) is 0 Å². The standard InChI is InChI=1S/C19H29N3O/c23-19(12-9-16-7-3-1-2-4-8-16)21-17-10-11-18(20-15-17)22-13-5-6-14-22/h10-11,15-16H,1-9,12-14H2,(H,21,23). The van der Waals surface area contributed by atoms with Crippen LogP contribution in [0.2, 0.25) is 0 Å². The zero-order chi connectivity index (χ0) is 15.9. The predicted molar refractivity (Wildman–Crippen MR) is 94.7 cm³/mol. The van der Waals surface area contributed by atoms with E-state index in [1.807, 2.05) is 12.1 Å². The van der Waals surface area contributed by atoms with Crippen molar-refractivity contribution in [2.75, 3.05) is 23.3 Å². The molecule has 2 heterocycles. The third-order valence-electron chi connectivity index (χ3n) is 5.22. The van der Waals surface area contributed by atoms with E-state index in [2.05, 4.69) is 15.2 Å². The maximum atomic E-state index is 12.1. The van der Waals surface area contributed by atoms with Gasteiger partial charge in [0, 0.05) is 19.5 Å². The quantitative estimate of drug-likeness (QED) is 0.821. The van der Waals surface area contributed by atoms with Gasteiger partial charge in [0.2, 0.25) is 5.91 Å². The van der Waals surface area contributed by atoms with Gasteiger partial charge in [-0.3, -0.25) is 4.79 Å². The summed E-state index contributed by atoms with van der Waals surface area (Å²) in [6.07, 6.45) is 14.0. The van der Waals surface area contributed by atoms with Gasteiger partial charge >= 0.3 is 0 Å². The molecule has 1 saturated carbocycles. The molecular formula is C19H29N3O. The molecule has 0 spiro atoms. The second-order valence-electron chi connectivity index (χ2n) is 7.04. The molecular weight excluding hydrogens is 286 g/mol. The van der Waals surface area contributed by atoms with Crippen molar-refractivity contribution in [3.05, 3.63) is 18.3 Å². The number of hydrogen-bond donors (Lipinski definition) is 1. The normalized spacial score (nSPS) is 19.6. The molecule has 2 fully saturated rings. The number of rotatable bonds is 5. The molecule has 126 valence electrons. The molecule has 1 aromatic rings. The van der Waals surface area contributed by atoms with Gasteiger partial charge in [-0.25, -0.2) is 4.98 Å². The van der Waals surface area contributed by atoms with Gasteiger partial charge in [0.05, 0.1) is 11.9 Å². The van der Waals surface area contributed by atoms with Crippen molar-refractivity contribution in [1.82, 2.24) is 4.98 Å². The summed E-state index contributed by atoms with van der Waals surface area (Å²) in [4.78, 5) is 18.9. The molecule has 4 heteroatoms. The highest BCUT2D eigenvalue weighted by Gasteiger charge is 2.15. The summed E-state index contributed by atoms with van der Waals surface area (Å²) >= 11 is 0. The molecule has 3 rings (SSSR count). The van der Waals surface area contributed by atoms with Gasteiger partial charge in [-0.05, 0) is 37.3 Å². The molecule has 0 atom stereocenters. The molecule has 0 aromatic carbocycles. The van der Waals surface area contributed by atoms with Gasteiger partial charge in [0.15, 0.2) is 0 Å². The van der Waals surface area contributed by atoms with Crippen LogP contribution in [0, 0.1) is 5.92 Å². The van der Waals surface area contributed by atoms with E-state index in [-0.39, 0.29) is 5.91 Å². The van der Waals surface area contributed by atoms with Crippen molar-refractivity contribution < 1.29 is 4.79 Å². The smallest absolute Gasteiger partial charge is 0.224 e. The van der Waals surface area contributed by atoms with Gasteiger partial charge in [0.1, 0.15) is 5.82 Å². The summed E-state index contributed by atoms with van der Waals surface area (Å²) in [5.41, 5.74) is 0.818. The van der Waals surface area contributed by atoms with E-state index in [0.717, 1.165) is 36.9 Å². The fraction of sp³-hybridized carbons (Fsp3) is 0.684. The van der Waals surface area contributed by atoms with Crippen molar-refractivity contribution in [2.45, 2.75) is 64.2 Å². The van der Waals surface area contributed by atoms with Gasteiger partial charge in [0.25, 0.3) is 0 Å². The van der Waals surface area contributed by atoms with Crippen LogP contribution in [0.25, 0.3) is 0 Å². The maximum Gasteiger partial charge on any atom is 0.224 e. The Labute approximate surface area is 139 Å². The number of aromatic nitrogens is 1. The molecule has 2 aliphatic rings. The minimum atomic E-state index is 0.130. The fourth-order valence-corrected chi connectivity index (χ4v) is 3.80. The Morgan fingerprint density at radius 1 is 1.09 bits per heavy atom. The monoisotopic (exact) mass is 315 g/mol. The highest BCUT2D eigenvalue weighted by molar-refractivity contribution is 5.90. The number of amides is 1. The number of hydrogen-bond acceptors (Lipinski definition) is 3. The molecule has 4 nitrogen and oxygen atoms in total. The number of anilines is 2. The zero-order valence-electron chi connectivity index (χ0n) is 14.1. The van der Waals surface area contributed by atoms with Gasteiger partial charge in [-0.1, -0.05) is 38.5 Å². The molecule has 1 amide bonds. The molecule has 23 heavy (non-hydrogen) atoms. The van der Waals surface area contributed by atoms with Crippen LogP contribution in [0.4, 0.5) is 11.5 Å². The Morgan fingerprint density at radius 2 is 1.83 bits per heavy atom. The molecule has 0 radical (unpaired) electrons. The van der Waals surface area contributed by atoms with E-state index < -0.39 is 0 Å². The third kappa shape index (κ3) is 4.95. The first-order valence-electron chi connectivity index (χ1n) is 9.32. The SMILES string of the molecule is O=C(CCC1CCCCCC1)Nc1ccc(N2CCCC2)nc1. The Morgan fingerprint density at radius 3 is 2.48 bits per heavy atom. The molecule has 0 unspecified atom stereocenters. The highest BCUT2D eigenvalue weighted by Crippen LogP contribution is 2.26. The molecule has 1 aliphatic heterocycles. The maximum absolute atomic E-state index is 12.1. The number of pyridine rings is 1. The average molecular weight is 315 g/mol. The van der Waals surface area contributed by atoms with Crippen LogP contribution in [0.15, 0.2) is 18.3 Å². The minimum Gasteiger partial charge on any atom is -0.357 e. The molecule has 0 bridgehead atoms. The first kappa shape index (κ1) is 16.3. The summed E-state index contributed by atoms with van der Waals surface area (Å²) < 4.78 is 0. The lowest BCUT2D eigenvalue weighted by Gasteiger charge is -2.16. The van der Waals surface area contributed by atoms with E-state index in [1.54, 1.807) is 6.20 Å². The van der Waals surface area contributed by atoms with Gasteiger partial charge in [-0.15, -0.1) is 0 Å². The summed E-state index contributed by atoms with van der Waals surface area (Å²) in [6.45, 7) is 2.19. The number of nitrogens with one attached hydrogen (secondary N) is 1. The first-order valence-corrected chi connectivity index (χ1v) is 9.32. The Hall–Kier alpha value is -1.58. The Balaban J connectivity index is 1.43. The van der Waals surface area contributed by atoms with Crippen LogP contribution in [-0.4, -0.2) is 24.0 Å². The molecule has 1 aliphatic carbocycles. The number of nitrogens with zero attached hydrogens (tertiary/aromatic N) is 2. The number of carbonyl (C=O) groups excluding carboxylic acids is 1. The predicted octanol–water partition coefficient (Wildman–Crippen LogP) is 4.37. The Bertz CT molecular complexity index is 486. The van der Waals surface area contributed by atoms with Crippen molar-refractivity contribution >= 4 is 17.4 Å². The lowest BCUT2D eigenvalue weighted by Crippen LogP contribution is -2.19. The van der Waals surface area contributed by atoms with Crippen LogP contribution < -0.4 is 10.2 Å². The van der Waals surface area contributed by atoms with Crippen molar-refractivity contribution in [3.63, 3.8) is 0 Å².